The Bertz CT molecular complexity index is 181. The minimum absolute atomic E-state index is 0.172. The van der Waals surface area contributed by atoms with E-state index < -0.39 is 0 Å². The molecule has 0 radical (unpaired) electrons. The highest BCUT2D eigenvalue weighted by Crippen LogP contribution is 2.29. The van der Waals surface area contributed by atoms with Crippen LogP contribution >= 0.6 is 0 Å². The Kier molecular flexibility index (Phi) is 2.48. The summed E-state index contributed by atoms with van der Waals surface area (Å²) in [5.74, 6) is 1.17. The van der Waals surface area contributed by atoms with Gasteiger partial charge in [0.05, 0.1) is 0 Å². The van der Waals surface area contributed by atoms with Gasteiger partial charge >= 0.3 is 0 Å². The SMILES string of the molecule is C=C(C)[C@H]1CCC(C)CC1=O. The Hall–Kier alpha value is -0.590. The van der Waals surface area contributed by atoms with Crippen molar-refractivity contribution in [3.8, 4) is 0 Å². The van der Waals surface area contributed by atoms with Gasteiger partial charge in [-0.05, 0) is 25.7 Å². The first kappa shape index (κ1) is 8.51. The maximum Gasteiger partial charge on any atom is 0.140 e. The van der Waals surface area contributed by atoms with Crippen molar-refractivity contribution in [2.24, 2.45) is 11.8 Å². The summed E-state index contributed by atoms with van der Waals surface area (Å²) in [7, 11) is 0. The second-order valence-corrected chi connectivity index (χ2v) is 3.75. The quantitative estimate of drug-likeness (QED) is 0.528. The van der Waals surface area contributed by atoms with Crippen molar-refractivity contribution < 1.29 is 4.79 Å². The number of hydrogen-bond donors (Lipinski definition) is 0. The van der Waals surface area contributed by atoms with E-state index >= 15 is 0 Å². The largest absolute Gasteiger partial charge is 0.299 e. The van der Waals surface area contributed by atoms with Gasteiger partial charge in [-0.3, -0.25) is 4.79 Å². The van der Waals surface area contributed by atoms with Crippen LogP contribution in [0.2, 0.25) is 0 Å². The summed E-state index contributed by atoms with van der Waals surface area (Å²) in [4.78, 5) is 11.4. The van der Waals surface area contributed by atoms with Crippen LogP contribution in [0.15, 0.2) is 12.2 Å². The molecule has 1 unspecified atom stereocenters. The lowest BCUT2D eigenvalue weighted by Crippen LogP contribution is -2.23. The molecule has 62 valence electrons. The maximum absolute atomic E-state index is 11.4. The fourth-order valence-corrected chi connectivity index (χ4v) is 1.72. The summed E-state index contributed by atoms with van der Waals surface area (Å²) in [5, 5.41) is 0. The van der Waals surface area contributed by atoms with Crippen molar-refractivity contribution >= 4 is 5.78 Å². The highest BCUT2D eigenvalue weighted by molar-refractivity contribution is 5.84. The molecular formula is C10H16O. The van der Waals surface area contributed by atoms with Crippen LogP contribution in [0.25, 0.3) is 0 Å². The highest BCUT2D eigenvalue weighted by atomic mass is 16.1. The molecule has 11 heavy (non-hydrogen) atoms. The summed E-state index contributed by atoms with van der Waals surface area (Å²) < 4.78 is 0. The molecular weight excluding hydrogens is 136 g/mol. The molecule has 0 N–H and O–H groups in total. The van der Waals surface area contributed by atoms with E-state index in [2.05, 4.69) is 13.5 Å². The molecule has 1 nitrogen and oxygen atoms in total. The first-order valence-corrected chi connectivity index (χ1v) is 4.29. The second-order valence-electron chi connectivity index (χ2n) is 3.75. The van der Waals surface area contributed by atoms with Gasteiger partial charge in [0.15, 0.2) is 0 Å². The van der Waals surface area contributed by atoms with Crippen LogP contribution in [0.3, 0.4) is 0 Å². The molecule has 0 saturated heterocycles. The Morgan fingerprint density at radius 1 is 1.55 bits per heavy atom. The minimum Gasteiger partial charge on any atom is -0.299 e. The zero-order valence-electron chi connectivity index (χ0n) is 7.39. The third kappa shape index (κ3) is 1.92. The number of allylic oxidation sites excluding steroid dienone is 1. The molecule has 1 fully saturated rings. The number of carbonyl (C=O) groups is 1. The number of Topliss-reactive ketones (excluding diaryl/α,β-unsaturated/α-hetero) is 1. The molecule has 0 aromatic carbocycles. The number of hydrogen-bond acceptors (Lipinski definition) is 1. The number of rotatable bonds is 1. The standard InChI is InChI=1S/C10H16O/c1-7(2)9-5-4-8(3)6-10(9)11/h8-9H,1,4-6H2,2-3H3/t8?,9-/m1/s1. The van der Waals surface area contributed by atoms with Crippen LogP contribution in [0.5, 0.6) is 0 Å². The van der Waals surface area contributed by atoms with Crippen LogP contribution in [0, 0.1) is 11.8 Å². The van der Waals surface area contributed by atoms with Crippen molar-refractivity contribution in [1.82, 2.24) is 0 Å². The van der Waals surface area contributed by atoms with E-state index in [1.807, 2.05) is 6.92 Å². The fourth-order valence-electron chi connectivity index (χ4n) is 1.72. The molecule has 0 spiro atoms. The molecule has 0 bridgehead atoms. The van der Waals surface area contributed by atoms with Gasteiger partial charge in [-0.1, -0.05) is 19.1 Å². The van der Waals surface area contributed by atoms with Crippen molar-refractivity contribution in [2.75, 3.05) is 0 Å². The van der Waals surface area contributed by atoms with Gasteiger partial charge in [0, 0.05) is 12.3 Å². The summed E-state index contributed by atoms with van der Waals surface area (Å²) in [5.41, 5.74) is 1.04. The highest BCUT2D eigenvalue weighted by Gasteiger charge is 2.26. The lowest BCUT2D eigenvalue weighted by molar-refractivity contribution is -0.124. The number of ketones is 1. The third-order valence-electron chi connectivity index (χ3n) is 2.48. The Morgan fingerprint density at radius 3 is 2.64 bits per heavy atom. The van der Waals surface area contributed by atoms with Gasteiger partial charge in [-0.2, -0.15) is 0 Å². The van der Waals surface area contributed by atoms with Gasteiger partial charge in [-0.15, -0.1) is 0 Å². The molecule has 0 amide bonds. The third-order valence-corrected chi connectivity index (χ3v) is 2.48. The van der Waals surface area contributed by atoms with Crippen LogP contribution in [0.1, 0.15) is 33.1 Å². The first-order chi connectivity index (χ1) is 5.11. The lowest BCUT2D eigenvalue weighted by atomic mass is 9.79. The molecule has 1 heteroatoms. The van der Waals surface area contributed by atoms with Gasteiger partial charge in [0.25, 0.3) is 0 Å². The summed E-state index contributed by atoms with van der Waals surface area (Å²) >= 11 is 0. The lowest BCUT2D eigenvalue weighted by Gasteiger charge is -2.24. The average molecular weight is 152 g/mol. The van der Waals surface area contributed by atoms with Crippen molar-refractivity contribution in [1.29, 1.82) is 0 Å². The predicted molar refractivity (Wildman–Crippen MR) is 46.3 cm³/mol. The molecule has 2 atom stereocenters. The minimum atomic E-state index is 0.172. The summed E-state index contributed by atoms with van der Waals surface area (Å²) in [6.45, 7) is 7.94. The molecule has 1 saturated carbocycles. The van der Waals surface area contributed by atoms with E-state index in [9.17, 15) is 4.79 Å². The van der Waals surface area contributed by atoms with Crippen LogP contribution in [-0.4, -0.2) is 5.78 Å². The van der Waals surface area contributed by atoms with Gasteiger partial charge < -0.3 is 0 Å². The maximum atomic E-state index is 11.4. The second kappa shape index (κ2) is 3.21. The summed E-state index contributed by atoms with van der Waals surface area (Å²) in [6.07, 6.45) is 2.97. The van der Waals surface area contributed by atoms with E-state index in [4.69, 9.17) is 0 Å². The molecule has 0 aliphatic heterocycles. The van der Waals surface area contributed by atoms with Crippen LogP contribution in [0.4, 0.5) is 0 Å². The van der Waals surface area contributed by atoms with E-state index in [-0.39, 0.29) is 5.92 Å². The zero-order valence-corrected chi connectivity index (χ0v) is 7.39. The number of carbonyl (C=O) groups excluding carboxylic acids is 1. The van der Waals surface area contributed by atoms with Crippen LogP contribution in [-0.2, 0) is 4.79 Å². The van der Waals surface area contributed by atoms with E-state index in [0.29, 0.717) is 11.7 Å². The van der Waals surface area contributed by atoms with Gasteiger partial charge in [0.2, 0.25) is 0 Å². The molecule has 0 aromatic heterocycles. The average Bonchev–Trinajstić information content (AvgIpc) is 1.85. The Balaban J connectivity index is 2.58. The molecule has 1 aliphatic rings. The van der Waals surface area contributed by atoms with E-state index in [1.165, 1.54) is 6.42 Å². The van der Waals surface area contributed by atoms with Gasteiger partial charge in [-0.25, -0.2) is 0 Å². The normalized spacial score (nSPS) is 32.0. The molecule has 0 heterocycles. The predicted octanol–water partition coefficient (Wildman–Crippen LogP) is 2.57. The summed E-state index contributed by atoms with van der Waals surface area (Å²) in [6, 6.07) is 0. The monoisotopic (exact) mass is 152 g/mol. The van der Waals surface area contributed by atoms with Crippen molar-refractivity contribution in [2.45, 2.75) is 33.1 Å². The van der Waals surface area contributed by atoms with Crippen molar-refractivity contribution in [3.05, 3.63) is 12.2 Å². The molecule has 0 aromatic rings. The van der Waals surface area contributed by atoms with E-state index in [0.717, 1.165) is 18.4 Å². The zero-order chi connectivity index (χ0) is 8.43. The molecule has 1 rings (SSSR count). The Labute approximate surface area is 68.5 Å². The van der Waals surface area contributed by atoms with Gasteiger partial charge in [0.1, 0.15) is 5.78 Å². The van der Waals surface area contributed by atoms with Crippen molar-refractivity contribution in [3.63, 3.8) is 0 Å². The smallest absolute Gasteiger partial charge is 0.140 e. The Morgan fingerprint density at radius 2 is 2.18 bits per heavy atom. The van der Waals surface area contributed by atoms with Crippen LogP contribution < -0.4 is 0 Å². The molecule has 1 aliphatic carbocycles. The first-order valence-electron chi connectivity index (χ1n) is 4.29. The topological polar surface area (TPSA) is 17.1 Å². The fraction of sp³-hybridized carbons (Fsp3) is 0.700. The van der Waals surface area contributed by atoms with E-state index in [1.54, 1.807) is 0 Å².